The molecule has 1 amide bonds. The van der Waals surface area contributed by atoms with Gasteiger partial charge in [-0.05, 0) is 13.0 Å². The van der Waals surface area contributed by atoms with E-state index < -0.39 is 4.92 Å². The molecule has 1 aliphatic rings. The van der Waals surface area contributed by atoms with Crippen LogP contribution in [0.15, 0.2) is 11.4 Å². The molecule has 0 aliphatic carbocycles. The summed E-state index contributed by atoms with van der Waals surface area (Å²) in [5, 5.41) is 18.1. The molecule has 1 aromatic heterocycles. The topological polar surface area (TPSA) is 87.5 Å². The van der Waals surface area contributed by atoms with Gasteiger partial charge in [0, 0.05) is 44.2 Å². The molecule has 0 bridgehead atoms. The van der Waals surface area contributed by atoms with Gasteiger partial charge in [-0.2, -0.15) is 0 Å². The van der Waals surface area contributed by atoms with Crippen LogP contribution in [0.5, 0.6) is 0 Å². The Morgan fingerprint density at radius 3 is 2.90 bits per heavy atom. The van der Waals surface area contributed by atoms with E-state index in [0.717, 1.165) is 50.5 Å². The van der Waals surface area contributed by atoms with Crippen LogP contribution in [-0.4, -0.2) is 55.0 Å². The Hall–Kier alpha value is -1.51. The maximum Gasteiger partial charge on any atom is 0.324 e. The fourth-order valence-electron chi connectivity index (χ4n) is 2.08. The van der Waals surface area contributed by atoms with E-state index >= 15 is 0 Å². The summed E-state index contributed by atoms with van der Waals surface area (Å²) in [6, 6.07) is 1.32. The van der Waals surface area contributed by atoms with Crippen LogP contribution in [-0.2, 0) is 0 Å². The predicted molar refractivity (Wildman–Crippen MR) is 77.2 cm³/mol. The maximum absolute atomic E-state index is 11.8. The van der Waals surface area contributed by atoms with Gasteiger partial charge in [-0.1, -0.05) is 11.3 Å². The van der Waals surface area contributed by atoms with Gasteiger partial charge in [0.1, 0.15) is 0 Å². The minimum Gasteiger partial charge on any atom is -0.352 e. The summed E-state index contributed by atoms with van der Waals surface area (Å²) in [6.45, 7) is 5.68. The lowest BCUT2D eigenvalue weighted by Crippen LogP contribution is -2.44. The third-order valence-corrected chi connectivity index (χ3v) is 4.05. The quantitative estimate of drug-likeness (QED) is 0.458. The van der Waals surface area contributed by atoms with Crippen molar-refractivity contribution in [3.63, 3.8) is 0 Å². The Morgan fingerprint density at radius 1 is 1.50 bits per heavy atom. The number of rotatable bonds is 6. The van der Waals surface area contributed by atoms with Crippen molar-refractivity contribution >= 4 is 22.2 Å². The Balaban J connectivity index is 1.67. The summed E-state index contributed by atoms with van der Waals surface area (Å²) in [5.74, 6) is -0.241. The average molecular weight is 298 g/mol. The lowest BCUT2D eigenvalue weighted by molar-refractivity contribution is -0.380. The first-order chi connectivity index (χ1) is 9.66. The first-order valence-electron chi connectivity index (χ1n) is 6.61. The van der Waals surface area contributed by atoms with Crippen molar-refractivity contribution in [1.29, 1.82) is 0 Å². The highest BCUT2D eigenvalue weighted by atomic mass is 32.1. The van der Waals surface area contributed by atoms with Crippen molar-refractivity contribution in [1.82, 2.24) is 15.5 Å². The van der Waals surface area contributed by atoms with Gasteiger partial charge in [-0.3, -0.25) is 14.9 Å². The monoisotopic (exact) mass is 298 g/mol. The fourth-order valence-corrected chi connectivity index (χ4v) is 2.78. The lowest BCUT2D eigenvalue weighted by Gasteiger charge is -2.27. The van der Waals surface area contributed by atoms with E-state index in [4.69, 9.17) is 0 Å². The molecule has 0 saturated carbocycles. The molecule has 110 valence electrons. The fraction of sp³-hybridized carbons (Fsp3) is 0.583. The Bertz CT molecular complexity index is 471. The molecular formula is C12H18N4O3S. The Kier molecular flexibility index (Phi) is 5.45. The van der Waals surface area contributed by atoms with Gasteiger partial charge in [-0.25, -0.2) is 0 Å². The summed E-state index contributed by atoms with van der Waals surface area (Å²) in [7, 11) is 0. The number of thiophene rings is 1. The number of nitrogens with zero attached hydrogens (tertiary/aromatic N) is 2. The van der Waals surface area contributed by atoms with Crippen LogP contribution in [0, 0.1) is 10.1 Å². The van der Waals surface area contributed by atoms with E-state index in [1.54, 1.807) is 0 Å². The zero-order valence-corrected chi connectivity index (χ0v) is 11.9. The van der Waals surface area contributed by atoms with Crippen LogP contribution >= 0.6 is 11.3 Å². The van der Waals surface area contributed by atoms with Gasteiger partial charge in [0.05, 0.1) is 10.5 Å². The van der Waals surface area contributed by atoms with Crippen LogP contribution in [0.1, 0.15) is 16.8 Å². The van der Waals surface area contributed by atoms with Crippen molar-refractivity contribution in [2.45, 2.75) is 6.42 Å². The van der Waals surface area contributed by atoms with E-state index in [2.05, 4.69) is 15.5 Å². The maximum atomic E-state index is 11.8. The van der Waals surface area contributed by atoms with Gasteiger partial charge in [0.2, 0.25) is 0 Å². The molecule has 0 atom stereocenters. The van der Waals surface area contributed by atoms with Gasteiger partial charge in [-0.15, -0.1) is 0 Å². The van der Waals surface area contributed by atoms with Crippen LogP contribution < -0.4 is 10.6 Å². The molecule has 20 heavy (non-hydrogen) atoms. The minimum absolute atomic E-state index is 0.00373. The predicted octanol–water partition coefficient (Wildman–Crippen LogP) is 0.681. The first kappa shape index (κ1) is 14.9. The number of carbonyl (C=O) groups is 1. The molecule has 1 fully saturated rings. The zero-order chi connectivity index (χ0) is 14.4. The molecule has 2 N–H and O–H groups in total. The van der Waals surface area contributed by atoms with Crippen molar-refractivity contribution in [3.8, 4) is 0 Å². The van der Waals surface area contributed by atoms with Crippen molar-refractivity contribution < 1.29 is 9.72 Å². The van der Waals surface area contributed by atoms with Crippen molar-refractivity contribution in [2.75, 3.05) is 39.3 Å². The molecule has 7 nitrogen and oxygen atoms in total. The molecule has 1 aromatic rings. The summed E-state index contributed by atoms with van der Waals surface area (Å²) < 4.78 is 0. The lowest BCUT2D eigenvalue weighted by atomic mass is 10.3. The third-order valence-electron chi connectivity index (χ3n) is 3.17. The summed E-state index contributed by atoms with van der Waals surface area (Å²) in [4.78, 5) is 24.2. The van der Waals surface area contributed by atoms with Crippen LogP contribution in [0.2, 0.25) is 0 Å². The van der Waals surface area contributed by atoms with Crippen LogP contribution in [0.25, 0.3) is 0 Å². The molecule has 0 spiro atoms. The molecule has 1 aliphatic heterocycles. The van der Waals surface area contributed by atoms with E-state index in [-0.39, 0.29) is 10.9 Å². The number of piperazine rings is 1. The van der Waals surface area contributed by atoms with E-state index in [1.807, 2.05) is 0 Å². The molecule has 0 aromatic carbocycles. The van der Waals surface area contributed by atoms with Crippen LogP contribution in [0.3, 0.4) is 0 Å². The van der Waals surface area contributed by atoms with Gasteiger partial charge in [0.25, 0.3) is 5.91 Å². The number of nitro groups is 1. The summed E-state index contributed by atoms with van der Waals surface area (Å²) >= 11 is 0.973. The van der Waals surface area contributed by atoms with E-state index in [0.29, 0.717) is 12.1 Å². The van der Waals surface area contributed by atoms with E-state index in [9.17, 15) is 14.9 Å². The first-order valence-corrected chi connectivity index (χ1v) is 7.49. The highest BCUT2D eigenvalue weighted by Crippen LogP contribution is 2.22. The second-order valence-electron chi connectivity index (χ2n) is 4.63. The SMILES string of the molecule is O=C(NCCCN1CCNCC1)c1csc([N+](=O)[O-])c1. The smallest absolute Gasteiger partial charge is 0.324 e. The number of hydrogen-bond acceptors (Lipinski definition) is 6. The molecular weight excluding hydrogens is 280 g/mol. The second-order valence-corrected chi connectivity index (χ2v) is 5.52. The Morgan fingerprint density at radius 2 is 2.25 bits per heavy atom. The number of amides is 1. The van der Waals surface area contributed by atoms with Gasteiger partial charge >= 0.3 is 5.00 Å². The number of nitrogens with one attached hydrogen (secondary N) is 2. The molecule has 2 heterocycles. The molecule has 1 saturated heterocycles. The number of hydrogen-bond donors (Lipinski definition) is 2. The highest BCUT2D eigenvalue weighted by Gasteiger charge is 2.14. The van der Waals surface area contributed by atoms with Crippen molar-refractivity contribution in [2.24, 2.45) is 0 Å². The zero-order valence-electron chi connectivity index (χ0n) is 11.1. The van der Waals surface area contributed by atoms with E-state index in [1.165, 1.54) is 11.4 Å². The molecule has 8 heteroatoms. The van der Waals surface area contributed by atoms with Crippen molar-refractivity contribution in [3.05, 3.63) is 27.1 Å². The molecule has 0 unspecified atom stereocenters. The highest BCUT2D eigenvalue weighted by molar-refractivity contribution is 7.13. The summed E-state index contributed by atoms with van der Waals surface area (Å²) in [5.41, 5.74) is 0.365. The second kappa shape index (κ2) is 7.32. The largest absolute Gasteiger partial charge is 0.352 e. The summed E-state index contributed by atoms with van der Waals surface area (Å²) in [6.07, 6.45) is 0.887. The standard InChI is InChI=1S/C12H18N4O3S/c17-12(10-8-11(16(18)19)20-9-10)14-2-1-5-15-6-3-13-4-7-15/h8-9,13H,1-7H2,(H,14,17). The van der Waals surface area contributed by atoms with Gasteiger partial charge < -0.3 is 15.5 Å². The average Bonchev–Trinajstić information content (AvgIpc) is 2.94. The van der Waals surface area contributed by atoms with Gasteiger partial charge in [0.15, 0.2) is 0 Å². The minimum atomic E-state index is -0.480. The third kappa shape index (κ3) is 4.26. The Labute approximate surface area is 121 Å². The molecule has 0 radical (unpaired) electrons. The normalized spacial score (nSPS) is 16.0. The van der Waals surface area contributed by atoms with Crippen LogP contribution in [0.4, 0.5) is 5.00 Å². The molecule has 2 rings (SSSR count). The number of carbonyl (C=O) groups excluding carboxylic acids is 1.